The third kappa shape index (κ3) is 2.76. The largest absolute Gasteiger partial charge is 0.390 e. The van der Waals surface area contributed by atoms with Gasteiger partial charge in [-0.3, -0.25) is 0 Å². The van der Waals surface area contributed by atoms with E-state index in [-0.39, 0.29) is 0 Å². The van der Waals surface area contributed by atoms with Crippen molar-refractivity contribution in [1.82, 2.24) is 0 Å². The van der Waals surface area contributed by atoms with Gasteiger partial charge in [-0.25, -0.2) is 0 Å². The third-order valence-corrected chi connectivity index (χ3v) is 4.44. The van der Waals surface area contributed by atoms with Gasteiger partial charge in [-0.15, -0.1) is 0 Å². The Morgan fingerprint density at radius 2 is 2.11 bits per heavy atom. The number of benzene rings is 1. The highest BCUT2D eigenvalue weighted by Crippen LogP contribution is 2.36. The van der Waals surface area contributed by atoms with E-state index in [1.54, 1.807) is 6.92 Å². The number of fused-ring (bicyclic) bond motifs is 1. The van der Waals surface area contributed by atoms with Crippen LogP contribution in [0, 0.1) is 0 Å². The Morgan fingerprint density at radius 3 is 2.83 bits per heavy atom. The molecule has 0 heterocycles. The van der Waals surface area contributed by atoms with E-state index in [2.05, 4.69) is 24.3 Å². The van der Waals surface area contributed by atoms with Crippen molar-refractivity contribution >= 4 is 0 Å². The number of hydrogen-bond acceptors (Lipinski definition) is 2. The molecule has 0 fully saturated rings. The number of aliphatic hydroxyl groups excluding tert-OH is 1. The maximum atomic E-state index is 10.2. The summed E-state index contributed by atoms with van der Waals surface area (Å²) in [6.45, 7) is 3.64. The predicted molar refractivity (Wildman–Crippen MR) is 73.7 cm³/mol. The molecular formula is C16H24O2. The summed E-state index contributed by atoms with van der Waals surface area (Å²) in [6.07, 6.45) is 4.06. The van der Waals surface area contributed by atoms with Crippen LogP contribution in [0.5, 0.6) is 0 Å². The topological polar surface area (TPSA) is 40.5 Å². The summed E-state index contributed by atoms with van der Waals surface area (Å²) < 4.78 is 0. The normalized spacial score (nSPS) is 24.1. The lowest BCUT2D eigenvalue weighted by Crippen LogP contribution is -2.39. The standard InChI is InChI=1S/C16H24O2/c1-3-16(2,18)15(17)11-13-9-6-8-12-7-4-5-10-14(12)13/h4-5,7,10,13,15,17-18H,3,6,8-9,11H2,1-2H3. The summed E-state index contributed by atoms with van der Waals surface area (Å²) in [6, 6.07) is 8.51. The van der Waals surface area contributed by atoms with Crippen molar-refractivity contribution in [2.45, 2.75) is 63.6 Å². The van der Waals surface area contributed by atoms with Crippen LogP contribution < -0.4 is 0 Å². The molecule has 18 heavy (non-hydrogen) atoms. The predicted octanol–water partition coefficient (Wildman–Crippen LogP) is 3.02. The van der Waals surface area contributed by atoms with Crippen LogP contribution in [-0.2, 0) is 6.42 Å². The maximum absolute atomic E-state index is 10.2. The van der Waals surface area contributed by atoms with Gasteiger partial charge in [-0.05, 0) is 56.1 Å². The van der Waals surface area contributed by atoms with Gasteiger partial charge in [0, 0.05) is 0 Å². The first-order chi connectivity index (χ1) is 8.54. The average Bonchev–Trinajstić information content (AvgIpc) is 2.39. The SMILES string of the molecule is CCC(C)(O)C(O)CC1CCCc2ccccc21. The second kappa shape index (κ2) is 5.41. The summed E-state index contributed by atoms with van der Waals surface area (Å²) in [5.74, 6) is 0.392. The summed E-state index contributed by atoms with van der Waals surface area (Å²) in [4.78, 5) is 0. The number of aliphatic hydroxyl groups is 2. The summed E-state index contributed by atoms with van der Waals surface area (Å²) >= 11 is 0. The van der Waals surface area contributed by atoms with Crippen LogP contribution in [0.4, 0.5) is 0 Å². The molecule has 2 N–H and O–H groups in total. The highest BCUT2D eigenvalue weighted by atomic mass is 16.3. The van der Waals surface area contributed by atoms with E-state index in [0.29, 0.717) is 18.8 Å². The molecule has 3 atom stereocenters. The second-order valence-corrected chi connectivity index (χ2v) is 5.75. The van der Waals surface area contributed by atoms with Crippen molar-refractivity contribution in [3.05, 3.63) is 35.4 Å². The van der Waals surface area contributed by atoms with E-state index in [9.17, 15) is 10.2 Å². The highest BCUT2D eigenvalue weighted by Gasteiger charge is 2.32. The van der Waals surface area contributed by atoms with Gasteiger partial charge in [-0.1, -0.05) is 31.2 Å². The van der Waals surface area contributed by atoms with Crippen molar-refractivity contribution in [2.24, 2.45) is 0 Å². The first-order valence-corrected chi connectivity index (χ1v) is 7.03. The lowest BCUT2D eigenvalue weighted by molar-refractivity contribution is -0.0702. The van der Waals surface area contributed by atoms with Gasteiger partial charge in [-0.2, -0.15) is 0 Å². The van der Waals surface area contributed by atoms with E-state index in [4.69, 9.17) is 0 Å². The van der Waals surface area contributed by atoms with Crippen molar-refractivity contribution in [2.75, 3.05) is 0 Å². The monoisotopic (exact) mass is 248 g/mol. The Bertz CT molecular complexity index is 398. The van der Waals surface area contributed by atoms with Gasteiger partial charge in [0.2, 0.25) is 0 Å². The molecule has 3 unspecified atom stereocenters. The molecule has 0 saturated heterocycles. The fraction of sp³-hybridized carbons (Fsp3) is 0.625. The summed E-state index contributed by atoms with van der Waals surface area (Å²) in [5, 5.41) is 20.3. The highest BCUT2D eigenvalue weighted by molar-refractivity contribution is 5.32. The molecule has 2 nitrogen and oxygen atoms in total. The van der Waals surface area contributed by atoms with Crippen LogP contribution in [0.15, 0.2) is 24.3 Å². The quantitative estimate of drug-likeness (QED) is 0.860. The minimum atomic E-state index is -0.966. The Kier molecular flexibility index (Phi) is 4.08. The van der Waals surface area contributed by atoms with Crippen LogP contribution in [0.3, 0.4) is 0 Å². The molecule has 2 rings (SSSR count). The molecule has 0 bridgehead atoms. The van der Waals surface area contributed by atoms with Gasteiger partial charge in [0.15, 0.2) is 0 Å². The Morgan fingerprint density at radius 1 is 1.39 bits per heavy atom. The van der Waals surface area contributed by atoms with E-state index < -0.39 is 11.7 Å². The van der Waals surface area contributed by atoms with Crippen molar-refractivity contribution < 1.29 is 10.2 Å². The Balaban J connectivity index is 2.12. The number of rotatable bonds is 4. The molecule has 100 valence electrons. The lowest BCUT2D eigenvalue weighted by atomic mass is 9.77. The lowest BCUT2D eigenvalue weighted by Gasteiger charge is -2.33. The smallest absolute Gasteiger partial charge is 0.0875 e. The van der Waals surface area contributed by atoms with Gasteiger partial charge in [0.05, 0.1) is 11.7 Å². The Hall–Kier alpha value is -0.860. The molecule has 2 heteroatoms. The molecule has 1 aliphatic rings. The molecule has 0 aliphatic heterocycles. The van der Waals surface area contributed by atoms with Gasteiger partial charge in [0.1, 0.15) is 0 Å². The zero-order valence-corrected chi connectivity index (χ0v) is 11.4. The number of hydrogen-bond donors (Lipinski definition) is 2. The van der Waals surface area contributed by atoms with Crippen molar-refractivity contribution in [3.8, 4) is 0 Å². The average molecular weight is 248 g/mol. The van der Waals surface area contributed by atoms with Gasteiger partial charge in [0.25, 0.3) is 0 Å². The maximum Gasteiger partial charge on any atom is 0.0875 e. The van der Waals surface area contributed by atoms with Crippen LogP contribution in [0.2, 0.25) is 0 Å². The van der Waals surface area contributed by atoms with E-state index in [0.717, 1.165) is 12.8 Å². The van der Waals surface area contributed by atoms with Gasteiger partial charge >= 0.3 is 0 Å². The Labute approximate surface area is 110 Å². The first kappa shape index (κ1) is 13.6. The fourth-order valence-corrected chi connectivity index (χ4v) is 2.86. The van der Waals surface area contributed by atoms with Crippen molar-refractivity contribution in [3.63, 3.8) is 0 Å². The summed E-state index contributed by atoms with van der Waals surface area (Å²) in [5.41, 5.74) is 1.82. The molecule has 0 spiro atoms. The second-order valence-electron chi connectivity index (χ2n) is 5.75. The minimum Gasteiger partial charge on any atom is -0.390 e. The molecule has 0 saturated carbocycles. The summed E-state index contributed by atoms with van der Waals surface area (Å²) in [7, 11) is 0. The molecule has 1 aromatic carbocycles. The van der Waals surface area contributed by atoms with Gasteiger partial charge < -0.3 is 10.2 Å². The van der Waals surface area contributed by atoms with Crippen LogP contribution in [0.25, 0.3) is 0 Å². The fourth-order valence-electron chi connectivity index (χ4n) is 2.86. The molecule has 0 amide bonds. The molecule has 1 aliphatic carbocycles. The zero-order chi connectivity index (χ0) is 13.2. The number of aryl methyl sites for hydroxylation is 1. The van der Waals surface area contributed by atoms with Crippen LogP contribution in [0.1, 0.15) is 56.6 Å². The molecule has 0 aromatic heterocycles. The molecule has 0 radical (unpaired) electrons. The van der Waals surface area contributed by atoms with Crippen molar-refractivity contribution in [1.29, 1.82) is 0 Å². The van der Waals surface area contributed by atoms with Crippen LogP contribution >= 0.6 is 0 Å². The van der Waals surface area contributed by atoms with E-state index in [1.807, 2.05) is 6.92 Å². The van der Waals surface area contributed by atoms with Crippen LogP contribution in [-0.4, -0.2) is 21.9 Å². The zero-order valence-electron chi connectivity index (χ0n) is 11.4. The molecular weight excluding hydrogens is 224 g/mol. The third-order valence-electron chi connectivity index (χ3n) is 4.44. The molecule has 1 aromatic rings. The first-order valence-electron chi connectivity index (χ1n) is 7.03. The van der Waals surface area contributed by atoms with E-state index in [1.165, 1.54) is 17.5 Å². The minimum absolute atomic E-state index is 0.392. The van der Waals surface area contributed by atoms with E-state index >= 15 is 0 Å².